The van der Waals surface area contributed by atoms with Crippen LogP contribution in [0.3, 0.4) is 0 Å². The summed E-state index contributed by atoms with van der Waals surface area (Å²) in [6.07, 6.45) is 15.7. The summed E-state index contributed by atoms with van der Waals surface area (Å²) in [6, 6.07) is -0.797. The van der Waals surface area contributed by atoms with Crippen molar-refractivity contribution in [1.82, 2.24) is 5.32 Å². The highest BCUT2D eigenvalue weighted by molar-refractivity contribution is 5.74. The van der Waals surface area contributed by atoms with Crippen LogP contribution in [0.2, 0.25) is 0 Å². The monoisotopic (exact) mass is 455 g/mol. The summed E-state index contributed by atoms with van der Waals surface area (Å²) in [6.45, 7) is 11.3. The standard InChI is InChI=1S/C26H49NO5/c1-7-8-9-10-11-12-13-14-15-16-17-18-19-22-23(31-26(5,6)30-22)21(20-28)27-24(29)32-25(2,3)4/h20-23H,7-19H2,1-6H3,(H,27,29)/t21-,22+,23+/m0/s1. The van der Waals surface area contributed by atoms with Crippen LogP contribution in [-0.4, -0.2) is 42.0 Å². The SMILES string of the molecule is CCCCCCCCCCCCCC[C@H]1OC(C)(C)O[C@@H]1[C@H](C=O)NC(=O)OC(C)(C)C. The fourth-order valence-electron chi connectivity index (χ4n) is 4.21. The van der Waals surface area contributed by atoms with Crippen molar-refractivity contribution >= 4 is 12.4 Å². The Balaban J connectivity index is 2.31. The van der Waals surface area contributed by atoms with E-state index in [2.05, 4.69) is 12.2 Å². The number of amides is 1. The molecule has 1 saturated heterocycles. The van der Waals surface area contributed by atoms with Gasteiger partial charge < -0.3 is 24.3 Å². The topological polar surface area (TPSA) is 73.9 Å². The van der Waals surface area contributed by atoms with Gasteiger partial charge in [-0.3, -0.25) is 0 Å². The second kappa shape index (κ2) is 14.9. The third-order valence-corrected chi connectivity index (χ3v) is 5.75. The highest BCUT2D eigenvalue weighted by atomic mass is 16.8. The highest BCUT2D eigenvalue weighted by Gasteiger charge is 2.45. The van der Waals surface area contributed by atoms with Gasteiger partial charge in [0.15, 0.2) is 5.79 Å². The molecule has 1 aliphatic rings. The van der Waals surface area contributed by atoms with Gasteiger partial charge in [0.2, 0.25) is 0 Å². The average Bonchev–Trinajstić information content (AvgIpc) is 3.00. The number of carbonyl (C=O) groups excluding carboxylic acids is 2. The van der Waals surface area contributed by atoms with Gasteiger partial charge in [0.05, 0.1) is 6.10 Å². The lowest BCUT2D eigenvalue weighted by molar-refractivity contribution is -0.149. The van der Waals surface area contributed by atoms with Crippen molar-refractivity contribution in [3.8, 4) is 0 Å². The first-order valence-electron chi connectivity index (χ1n) is 12.9. The van der Waals surface area contributed by atoms with Crippen LogP contribution >= 0.6 is 0 Å². The van der Waals surface area contributed by atoms with Crippen LogP contribution < -0.4 is 5.32 Å². The Morgan fingerprint density at radius 1 is 0.938 bits per heavy atom. The molecule has 0 spiro atoms. The molecule has 1 aliphatic heterocycles. The van der Waals surface area contributed by atoms with Gasteiger partial charge in [0.25, 0.3) is 0 Å². The molecule has 0 bridgehead atoms. The second-order valence-corrected chi connectivity index (χ2v) is 10.6. The Bertz CT molecular complexity index is 529. The summed E-state index contributed by atoms with van der Waals surface area (Å²) >= 11 is 0. The predicted molar refractivity (Wildman–Crippen MR) is 129 cm³/mol. The van der Waals surface area contributed by atoms with Crippen molar-refractivity contribution in [2.24, 2.45) is 0 Å². The van der Waals surface area contributed by atoms with E-state index in [-0.39, 0.29) is 6.10 Å². The van der Waals surface area contributed by atoms with Crippen LogP contribution in [0.1, 0.15) is 125 Å². The van der Waals surface area contributed by atoms with Gasteiger partial charge in [0.1, 0.15) is 24.0 Å². The van der Waals surface area contributed by atoms with Crippen LogP contribution in [-0.2, 0) is 19.0 Å². The third kappa shape index (κ3) is 12.8. The summed E-state index contributed by atoms with van der Waals surface area (Å²) in [4.78, 5) is 23.9. The van der Waals surface area contributed by atoms with Crippen molar-refractivity contribution in [3.63, 3.8) is 0 Å². The number of rotatable bonds is 16. The van der Waals surface area contributed by atoms with Crippen molar-refractivity contribution in [2.75, 3.05) is 0 Å². The smallest absolute Gasteiger partial charge is 0.408 e. The number of unbranched alkanes of at least 4 members (excludes halogenated alkanes) is 11. The number of aldehydes is 1. The average molecular weight is 456 g/mol. The maximum Gasteiger partial charge on any atom is 0.408 e. The molecule has 1 N–H and O–H groups in total. The van der Waals surface area contributed by atoms with Crippen LogP contribution in [0.4, 0.5) is 4.79 Å². The van der Waals surface area contributed by atoms with E-state index in [1.807, 2.05) is 13.8 Å². The molecule has 1 fully saturated rings. The van der Waals surface area contributed by atoms with E-state index in [0.717, 1.165) is 19.3 Å². The van der Waals surface area contributed by atoms with Crippen molar-refractivity contribution in [3.05, 3.63) is 0 Å². The lowest BCUT2D eigenvalue weighted by atomic mass is 10.00. The molecule has 0 aromatic rings. The summed E-state index contributed by atoms with van der Waals surface area (Å²) in [5.74, 6) is -0.774. The van der Waals surface area contributed by atoms with Crippen LogP contribution in [0.15, 0.2) is 0 Å². The summed E-state index contributed by atoms with van der Waals surface area (Å²) in [5, 5.41) is 2.64. The summed E-state index contributed by atoms with van der Waals surface area (Å²) < 4.78 is 17.3. The molecule has 0 unspecified atom stereocenters. The fourth-order valence-corrected chi connectivity index (χ4v) is 4.21. The van der Waals surface area contributed by atoms with Gasteiger partial charge >= 0.3 is 6.09 Å². The van der Waals surface area contributed by atoms with Crippen molar-refractivity contribution < 1.29 is 23.8 Å². The van der Waals surface area contributed by atoms with Crippen molar-refractivity contribution in [1.29, 1.82) is 0 Å². The Morgan fingerprint density at radius 3 is 1.91 bits per heavy atom. The van der Waals surface area contributed by atoms with E-state index in [1.54, 1.807) is 20.8 Å². The number of alkyl carbamates (subject to hydrolysis) is 1. The Morgan fingerprint density at radius 2 is 1.44 bits per heavy atom. The van der Waals surface area contributed by atoms with E-state index in [4.69, 9.17) is 14.2 Å². The molecule has 1 rings (SSSR count). The minimum Gasteiger partial charge on any atom is -0.444 e. The van der Waals surface area contributed by atoms with Gasteiger partial charge in [-0.15, -0.1) is 0 Å². The molecule has 0 aromatic carbocycles. The molecule has 6 nitrogen and oxygen atoms in total. The van der Waals surface area contributed by atoms with Gasteiger partial charge in [-0.2, -0.15) is 0 Å². The molecule has 188 valence electrons. The van der Waals surface area contributed by atoms with Crippen LogP contribution in [0.5, 0.6) is 0 Å². The van der Waals surface area contributed by atoms with E-state index >= 15 is 0 Å². The Hall–Kier alpha value is -1.14. The normalized spacial score (nSPS) is 21.3. The van der Waals surface area contributed by atoms with Crippen molar-refractivity contribution in [2.45, 2.75) is 155 Å². The molecular formula is C26H49NO5. The minimum absolute atomic E-state index is 0.224. The molecule has 0 saturated carbocycles. The highest BCUT2D eigenvalue weighted by Crippen LogP contribution is 2.32. The quantitative estimate of drug-likeness (QED) is 0.207. The predicted octanol–water partition coefficient (Wildman–Crippen LogP) is 6.69. The number of carbonyl (C=O) groups is 2. The molecule has 1 amide bonds. The van der Waals surface area contributed by atoms with Crippen LogP contribution in [0, 0.1) is 0 Å². The maximum absolute atomic E-state index is 12.1. The Kier molecular flexibility index (Phi) is 13.4. The number of nitrogens with one attached hydrogen (secondary N) is 1. The first kappa shape index (κ1) is 28.9. The minimum atomic E-state index is -0.797. The van der Waals surface area contributed by atoms with E-state index < -0.39 is 29.6 Å². The van der Waals surface area contributed by atoms with Gasteiger partial charge in [-0.25, -0.2) is 4.79 Å². The van der Waals surface area contributed by atoms with E-state index in [9.17, 15) is 9.59 Å². The van der Waals surface area contributed by atoms with E-state index in [0.29, 0.717) is 6.29 Å². The van der Waals surface area contributed by atoms with E-state index in [1.165, 1.54) is 64.2 Å². The molecule has 3 atom stereocenters. The molecule has 0 radical (unpaired) electrons. The molecule has 32 heavy (non-hydrogen) atoms. The second-order valence-electron chi connectivity index (χ2n) is 10.6. The maximum atomic E-state index is 12.1. The Labute approximate surface area is 196 Å². The fraction of sp³-hybridized carbons (Fsp3) is 0.923. The first-order chi connectivity index (χ1) is 15.1. The molecule has 0 aromatic heterocycles. The summed E-state index contributed by atoms with van der Waals surface area (Å²) in [5.41, 5.74) is -0.627. The van der Waals surface area contributed by atoms with Gasteiger partial charge in [0, 0.05) is 0 Å². The molecular weight excluding hydrogens is 406 g/mol. The first-order valence-corrected chi connectivity index (χ1v) is 12.9. The van der Waals surface area contributed by atoms with Crippen LogP contribution in [0.25, 0.3) is 0 Å². The lowest BCUT2D eigenvalue weighted by Gasteiger charge is -2.26. The third-order valence-electron chi connectivity index (χ3n) is 5.75. The zero-order chi connectivity index (χ0) is 24.0. The van der Waals surface area contributed by atoms with Gasteiger partial charge in [-0.05, 0) is 41.0 Å². The largest absolute Gasteiger partial charge is 0.444 e. The zero-order valence-corrected chi connectivity index (χ0v) is 21.5. The number of ether oxygens (including phenoxy) is 3. The number of hydrogen-bond acceptors (Lipinski definition) is 5. The van der Waals surface area contributed by atoms with Gasteiger partial charge in [-0.1, -0.05) is 84.0 Å². The summed E-state index contributed by atoms with van der Waals surface area (Å²) in [7, 11) is 0. The molecule has 1 heterocycles. The molecule has 6 heteroatoms. The number of hydrogen-bond donors (Lipinski definition) is 1. The zero-order valence-electron chi connectivity index (χ0n) is 21.5. The lowest BCUT2D eigenvalue weighted by Crippen LogP contribution is -2.50. The molecule has 0 aliphatic carbocycles.